The molecule has 69 heavy (non-hydrogen) atoms. The number of thiophene rings is 1. The van der Waals surface area contributed by atoms with E-state index in [4.69, 9.17) is 30.3 Å². The van der Waals surface area contributed by atoms with E-state index in [0.29, 0.717) is 46.5 Å². The lowest BCUT2D eigenvalue weighted by Crippen LogP contribution is -2.31. The van der Waals surface area contributed by atoms with Gasteiger partial charge in [-0.25, -0.2) is 4.85 Å². The standard InChI is InChI=1S/C52H75N5O11S/c1-6-8-10-12-14-16-18-20-22-42(51(60)61)37-47(58)67-34-32-65-29-27-57(44-24-25-46(40(3)36-44)55-56-50-45(39-53)41(4)49(54-5)69-50)26-28-64-30-31-66-33-35-68-48(59)38-43(52(62)63)23-21-19-17-15-13-11-9-7-2/h18-21,24-25,36,42-43H,6-17,22-23,26-35,37-38H2,1-4H3,(H,60,61)(H,62,63)/b20-18+,21-19+,56-55?. The number of anilines is 1. The van der Waals surface area contributed by atoms with E-state index in [1.165, 1.54) is 38.5 Å². The van der Waals surface area contributed by atoms with Gasteiger partial charge in [0.25, 0.3) is 0 Å². The van der Waals surface area contributed by atoms with E-state index in [2.05, 4.69) is 39.9 Å². The highest BCUT2D eigenvalue weighted by molar-refractivity contribution is 7.20. The Morgan fingerprint density at radius 1 is 0.725 bits per heavy atom. The Morgan fingerprint density at radius 2 is 1.22 bits per heavy atom. The van der Waals surface area contributed by atoms with Crippen molar-refractivity contribution in [3.05, 3.63) is 70.6 Å². The van der Waals surface area contributed by atoms with Crippen molar-refractivity contribution in [3.63, 3.8) is 0 Å². The third-order valence-electron chi connectivity index (χ3n) is 11.1. The van der Waals surface area contributed by atoms with Gasteiger partial charge in [0.2, 0.25) is 5.00 Å². The zero-order chi connectivity index (χ0) is 50.5. The van der Waals surface area contributed by atoms with Gasteiger partial charge in [-0.1, -0.05) is 89.5 Å². The van der Waals surface area contributed by atoms with Gasteiger partial charge in [-0.2, -0.15) is 5.26 Å². The number of carboxylic acid groups (broad SMARTS) is 2. The first-order chi connectivity index (χ1) is 33.4. The molecule has 1 aromatic carbocycles. The number of hydrogen-bond donors (Lipinski definition) is 2. The first kappa shape index (κ1) is 59.7. The minimum absolute atomic E-state index is 0.00501. The number of ether oxygens (including phenoxy) is 5. The normalized spacial score (nSPS) is 12.3. The number of benzene rings is 1. The quantitative estimate of drug-likeness (QED) is 0.0209. The van der Waals surface area contributed by atoms with E-state index in [1.54, 1.807) is 6.92 Å². The molecule has 0 aliphatic carbocycles. The van der Waals surface area contributed by atoms with Gasteiger partial charge in [0.05, 0.1) is 82.1 Å². The number of unbranched alkanes of at least 4 members (excludes halogenated alkanes) is 10. The van der Waals surface area contributed by atoms with Crippen LogP contribution >= 0.6 is 11.3 Å². The van der Waals surface area contributed by atoms with Gasteiger partial charge < -0.3 is 38.8 Å². The van der Waals surface area contributed by atoms with Crippen molar-refractivity contribution in [2.24, 2.45) is 22.1 Å². The summed E-state index contributed by atoms with van der Waals surface area (Å²) in [5, 5.41) is 38.3. The van der Waals surface area contributed by atoms with Crippen LogP contribution in [0.1, 0.15) is 133 Å². The third kappa shape index (κ3) is 26.2. The number of esters is 2. The molecule has 16 nitrogen and oxygen atoms in total. The van der Waals surface area contributed by atoms with Crippen molar-refractivity contribution in [2.75, 3.05) is 70.8 Å². The summed E-state index contributed by atoms with van der Waals surface area (Å²) in [7, 11) is 0. The van der Waals surface area contributed by atoms with Crippen molar-refractivity contribution < 1.29 is 53.1 Å². The summed E-state index contributed by atoms with van der Waals surface area (Å²) in [6, 6.07) is 7.76. The van der Waals surface area contributed by atoms with Crippen LogP contribution in [0, 0.1) is 43.6 Å². The van der Waals surface area contributed by atoms with E-state index >= 15 is 0 Å². The fourth-order valence-electron chi connectivity index (χ4n) is 6.97. The number of azo groups is 1. The molecule has 0 saturated carbocycles. The van der Waals surface area contributed by atoms with Gasteiger partial charge in [0.1, 0.15) is 24.3 Å². The van der Waals surface area contributed by atoms with Crippen molar-refractivity contribution in [1.29, 1.82) is 5.26 Å². The molecule has 1 heterocycles. The predicted octanol–water partition coefficient (Wildman–Crippen LogP) is 11.9. The summed E-state index contributed by atoms with van der Waals surface area (Å²) in [6.45, 7) is 17.6. The van der Waals surface area contributed by atoms with Crippen LogP contribution in [0.4, 0.5) is 21.4 Å². The zero-order valence-electron chi connectivity index (χ0n) is 41.3. The minimum atomic E-state index is -1.04. The molecule has 2 unspecified atom stereocenters. The van der Waals surface area contributed by atoms with Gasteiger partial charge in [-0.3, -0.25) is 19.2 Å². The molecule has 17 heteroatoms. The van der Waals surface area contributed by atoms with Crippen LogP contribution in [-0.2, 0) is 42.9 Å². The Morgan fingerprint density at radius 3 is 1.68 bits per heavy atom. The fraction of sp³-hybridized carbons (Fsp3) is 0.615. The van der Waals surface area contributed by atoms with Crippen molar-refractivity contribution in [3.8, 4) is 6.07 Å². The second-order valence-electron chi connectivity index (χ2n) is 16.7. The second kappa shape index (κ2) is 37.4. The number of allylic oxidation sites excluding steroid dienone is 4. The van der Waals surface area contributed by atoms with Crippen LogP contribution in [-0.4, -0.2) is 100 Å². The molecule has 0 aliphatic heterocycles. The summed E-state index contributed by atoms with van der Waals surface area (Å²) in [5.74, 6) is -4.95. The minimum Gasteiger partial charge on any atom is -0.481 e. The Labute approximate surface area is 413 Å². The molecule has 380 valence electrons. The smallest absolute Gasteiger partial charge is 0.307 e. The summed E-state index contributed by atoms with van der Waals surface area (Å²) < 4.78 is 27.8. The lowest BCUT2D eigenvalue weighted by atomic mass is 10.0. The molecule has 0 spiro atoms. The highest BCUT2D eigenvalue weighted by atomic mass is 32.1. The topological polar surface area (TPSA) is 211 Å². The SMILES string of the molecule is [C-]#[N+]c1sc(N=Nc2ccc(N(CCOCCOCCOC(=O)CC(C/C=C/CCCCCCC)C(=O)O)CCOCCOC(=O)CC(C/C=C/CCCCCCC)C(=O)O)cc2C)c(C#N)c1C. The highest BCUT2D eigenvalue weighted by Crippen LogP contribution is 2.41. The Bertz CT molecular complexity index is 2000. The summed E-state index contributed by atoms with van der Waals surface area (Å²) in [5.41, 5.74) is 3.18. The maximum absolute atomic E-state index is 12.5. The summed E-state index contributed by atoms with van der Waals surface area (Å²) in [4.78, 5) is 53.8. The van der Waals surface area contributed by atoms with E-state index in [-0.39, 0.29) is 71.9 Å². The van der Waals surface area contributed by atoms with Gasteiger partial charge >= 0.3 is 23.9 Å². The van der Waals surface area contributed by atoms with Gasteiger partial charge in [0.15, 0.2) is 0 Å². The van der Waals surface area contributed by atoms with E-state index < -0.39 is 35.7 Å². The second-order valence-corrected chi connectivity index (χ2v) is 17.6. The number of aliphatic carboxylic acids is 2. The number of carbonyl (C=O) groups excluding carboxylic acids is 2. The number of nitriles is 1. The number of carbonyl (C=O) groups is 4. The molecule has 2 atom stereocenters. The van der Waals surface area contributed by atoms with Crippen LogP contribution < -0.4 is 4.90 Å². The van der Waals surface area contributed by atoms with Crippen LogP contribution in [0.5, 0.6) is 0 Å². The van der Waals surface area contributed by atoms with Gasteiger partial charge in [-0.15, -0.1) is 21.6 Å². The maximum atomic E-state index is 12.5. The van der Waals surface area contributed by atoms with Crippen LogP contribution in [0.3, 0.4) is 0 Å². The average molecular weight is 978 g/mol. The molecule has 0 aliphatic rings. The van der Waals surface area contributed by atoms with Crippen molar-refractivity contribution in [1.82, 2.24) is 0 Å². The molecule has 2 rings (SSSR count). The van der Waals surface area contributed by atoms with Crippen molar-refractivity contribution >= 4 is 56.6 Å². The number of hydrogen-bond acceptors (Lipinski definition) is 14. The van der Waals surface area contributed by atoms with Gasteiger partial charge in [-0.05, 0) is 81.7 Å². The first-order valence-electron chi connectivity index (χ1n) is 24.4. The van der Waals surface area contributed by atoms with E-state index in [1.807, 2.05) is 49.4 Å². The number of nitrogens with zero attached hydrogens (tertiary/aromatic N) is 5. The van der Waals surface area contributed by atoms with Crippen LogP contribution in [0.2, 0.25) is 0 Å². The number of aryl methyl sites for hydroxylation is 1. The fourth-order valence-corrected chi connectivity index (χ4v) is 7.83. The molecule has 0 fully saturated rings. The zero-order valence-corrected chi connectivity index (χ0v) is 42.1. The van der Waals surface area contributed by atoms with Crippen LogP contribution in [0.25, 0.3) is 4.85 Å². The number of rotatable bonds is 40. The van der Waals surface area contributed by atoms with Crippen molar-refractivity contribution in [2.45, 2.75) is 130 Å². The average Bonchev–Trinajstić information content (AvgIpc) is 3.64. The summed E-state index contributed by atoms with van der Waals surface area (Å²) >= 11 is 1.12. The molecular weight excluding hydrogens is 903 g/mol. The molecule has 1 aromatic heterocycles. The largest absolute Gasteiger partial charge is 0.481 e. The molecule has 2 aromatic rings. The number of carboxylic acids is 2. The monoisotopic (exact) mass is 978 g/mol. The molecule has 0 radical (unpaired) electrons. The van der Waals surface area contributed by atoms with Crippen LogP contribution in [0.15, 0.2) is 52.7 Å². The van der Waals surface area contributed by atoms with Gasteiger partial charge in [0, 0.05) is 18.8 Å². The Kier molecular flexibility index (Phi) is 32.4. The predicted molar refractivity (Wildman–Crippen MR) is 268 cm³/mol. The first-order valence-corrected chi connectivity index (χ1v) is 25.2. The lowest BCUT2D eigenvalue weighted by molar-refractivity contribution is -0.152. The Hall–Kier alpha value is -5.46. The molecular formula is C52H75N5O11S. The molecule has 2 N–H and O–H groups in total. The maximum Gasteiger partial charge on any atom is 0.307 e. The molecule has 0 saturated heterocycles. The third-order valence-corrected chi connectivity index (χ3v) is 12.2. The summed E-state index contributed by atoms with van der Waals surface area (Å²) in [6.07, 6.45) is 21.2. The molecule has 0 amide bonds. The highest BCUT2D eigenvalue weighted by Gasteiger charge is 2.22. The van der Waals surface area contributed by atoms with E-state index in [0.717, 1.165) is 61.1 Å². The lowest BCUT2D eigenvalue weighted by Gasteiger charge is -2.25. The Balaban J connectivity index is 1.87. The molecule has 0 bridgehead atoms. The van der Waals surface area contributed by atoms with E-state index in [9.17, 15) is 34.7 Å².